The summed E-state index contributed by atoms with van der Waals surface area (Å²) in [4.78, 5) is 41.0. The molecular formula is C28H22F4N2O3. The summed E-state index contributed by atoms with van der Waals surface area (Å²) in [5, 5.41) is 1.82. The summed E-state index contributed by atoms with van der Waals surface area (Å²) >= 11 is 0. The van der Waals surface area contributed by atoms with Crippen molar-refractivity contribution in [2.45, 2.75) is 25.1 Å². The molecular weight excluding hydrogens is 488 g/mol. The first kappa shape index (κ1) is 25.8. The number of alkyl halides is 3. The van der Waals surface area contributed by atoms with Crippen molar-refractivity contribution in [1.82, 2.24) is 10.2 Å². The number of rotatable bonds is 7. The molecule has 190 valence electrons. The Morgan fingerprint density at radius 1 is 0.865 bits per heavy atom. The molecule has 9 heteroatoms. The van der Waals surface area contributed by atoms with Gasteiger partial charge >= 0.3 is 6.18 Å². The lowest BCUT2D eigenvalue weighted by Crippen LogP contribution is -2.66. The average molecular weight is 510 g/mol. The second kappa shape index (κ2) is 10.0. The Balaban J connectivity index is 1.83. The van der Waals surface area contributed by atoms with Gasteiger partial charge in [0.25, 0.3) is 11.8 Å². The molecule has 0 bridgehead atoms. The number of hydrogen-bond acceptors (Lipinski definition) is 3. The zero-order valence-corrected chi connectivity index (χ0v) is 19.7. The van der Waals surface area contributed by atoms with Crippen LogP contribution in [0.4, 0.5) is 17.6 Å². The molecule has 0 radical (unpaired) electrons. The first-order valence-electron chi connectivity index (χ1n) is 11.4. The van der Waals surface area contributed by atoms with Gasteiger partial charge in [0.15, 0.2) is 5.78 Å². The largest absolute Gasteiger partial charge is 0.425 e. The van der Waals surface area contributed by atoms with Gasteiger partial charge in [-0.15, -0.1) is 0 Å². The van der Waals surface area contributed by atoms with E-state index in [1.54, 1.807) is 36.4 Å². The van der Waals surface area contributed by atoms with E-state index in [0.717, 1.165) is 34.7 Å². The zero-order chi connectivity index (χ0) is 26.8. The lowest BCUT2D eigenvalue weighted by molar-refractivity contribution is -0.189. The second-order valence-corrected chi connectivity index (χ2v) is 8.56. The van der Waals surface area contributed by atoms with Crippen LogP contribution in [-0.4, -0.2) is 40.8 Å². The highest BCUT2D eigenvalue weighted by Gasteiger charge is 2.70. The fraction of sp³-hybridized carbons (Fsp3) is 0.179. The van der Waals surface area contributed by atoms with Crippen molar-refractivity contribution in [3.05, 3.63) is 119 Å². The van der Waals surface area contributed by atoms with E-state index in [-0.39, 0.29) is 29.8 Å². The third kappa shape index (κ3) is 4.76. The Morgan fingerprint density at radius 3 is 2.00 bits per heavy atom. The Morgan fingerprint density at radius 2 is 1.43 bits per heavy atom. The first-order valence-corrected chi connectivity index (χ1v) is 11.4. The van der Waals surface area contributed by atoms with Crippen molar-refractivity contribution in [3.63, 3.8) is 0 Å². The quantitative estimate of drug-likeness (QED) is 0.355. The van der Waals surface area contributed by atoms with Gasteiger partial charge in [0.2, 0.25) is 5.54 Å². The highest BCUT2D eigenvalue weighted by molar-refractivity contribution is 6.19. The van der Waals surface area contributed by atoms with Crippen LogP contribution in [0.25, 0.3) is 0 Å². The molecule has 1 aliphatic heterocycles. The molecule has 3 aromatic rings. The number of hydrogen-bond donors (Lipinski definition) is 1. The summed E-state index contributed by atoms with van der Waals surface area (Å²) in [7, 11) is 0. The number of nitrogens with one attached hydrogen (secondary N) is 1. The van der Waals surface area contributed by atoms with Gasteiger partial charge in [-0.2, -0.15) is 13.2 Å². The SMILES string of the molecule is CC1=C(C(=O)c2ccccc2)[C@@](NC(=O)c2ccc(F)cc2)(C(F)(F)F)C(=O)N1CCc1ccccc1. The molecule has 0 saturated carbocycles. The smallest absolute Gasteiger partial charge is 0.326 e. The predicted octanol–water partition coefficient (Wildman–Crippen LogP) is 5.10. The Kier molecular flexibility index (Phi) is 6.98. The van der Waals surface area contributed by atoms with Gasteiger partial charge in [-0.1, -0.05) is 60.7 Å². The van der Waals surface area contributed by atoms with E-state index in [9.17, 15) is 31.9 Å². The molecule has 0 spiro atoms. The minimum Gasteiger partial charge on any atom is -0.326 e. The molecule has 2 amide bonds. The van der Waals surface area contributed by atoms with E-state index in [0.29, 0.717) is 0 Å². The number of amides is 2. The normalized spacial score (nSPS) is 17.8. The maximum atomic E-state index is 14.9. The van der Waals surface area contributed by atoms with Crippen LogP contribution in [-0.2, 0) is 11.2 Å². The van der Waals surface area contributed by atoms with E-state index in [1.807, 2.05) is 5.32 Å². The molecule has 0 aromatic heterocycles. The van der Waals surface area contributed by atoms with Gasteiger partial charge in [0.05, 0.1) is 5.57 Å². The Bertz CT molecular complexity index is 1350. The minimum atomic E-state index is -5.37. The zero-order valence-electron chi connectivity index (χ0n) is 19.7. The molecule has 1 aliphatic rings. The third-order valence-electron chi connectivity index (χ3n) is 6.27. The molecule has 0 unspecified atom stereocenters. The van der Waals surface area contributed by atoms with Crippen LogP contribution in [0.5, 0.6) is 0 Å². The van der Waals surface area contributed by atoms with Crippen molar-refractivity contribution in [3.8, 4) is 0 Å². The maximum Gasteiger partial charge on any atom is 0.425 e. The lowest BCUT2D eigenvalue weighted by Gasteiger charge is -2.33. The standard InChI is InChI=1S/C28H22F4N2O3/c1-18-23(24(35)20-10-6-3-7-11-20)27(28(30,31)32,33-25(36)21-12-14-22(29)15-13-21)26(37)34(18)17-16-19-8-4-2-5-9-19/h2-15H,16-17H2,1H3,(H,33,36)/t27-/m0/s1. The van der Waals surface area contributed by atoms with Gasteiger partial charge in [-0.25, -0.2) is 4.39 Å². The molecule has 0 aliphatic carbocycles. The molecule has 0 saturated heterocycles. The van der Waals surface area contributed by atoms with Gasteiger partial charge in [0.1, 0.15) is 5.82 Å². The van der Waals surface area contributed by atoms with Crippen molar-refractivity contribution in [1.29, 1.82) is 0 Å². The summed E-state index contributed by atoms with van der Waals surface area (Å²) in [5.41, 5.74) is -4.30. The minimum absolute atomic E-state index is 0.0702. The second-order valence-electron chi connectivity index (χ2n) is 8.56. The molecule has 5 nitrogen and oxygen atoms in total. The van der Waals surface area contributed by atoms with Crippen molar-refractivity contribution < 1.29 is 31.9 Å². The number of Topliss-reactive ketones (excluding diaryl/α,β-unsaturated/α-hetero) is 1. The Labute approximate surface area is 210 Å². The molecule has 37 heavy (non-hydrogen) atoms. The summed E-state index contributed by atoms with van der Waals surface area (Å²) in [6, 6.07) is 19.9. The first-order chi connectivity index (χ1) is 17.6. The lowest BCUT2D eigenvalue weighted by atomic mass is 9.84. The number of nitrogens with zero attached hydrogens (tertiary/aromatic N) is 1. The highest BCUT2D eigenvalue weighted by atomic mass is 19.4. The van der Waals surface area contributed by atoms with Gasteiger partial charge in [0, 0.05) is 23.4 Å². The summed E-state index contributed by atoms with van der Waals surface area (Å²) in [5.74, 6) is -4.49. The summed E-state index contributed by atoms with van der Waals surface area (Å²) in [6.45, 7) is 1.11. The molecule has 1 N–H and O–H groups in total. The van der Waals surface area contributed by atoms with Crippen molar-refractivity contribution in [2.24, 2.45) is 0 Å². The van der Waals surface area contributed by atoms with Gasteiger partial charge < -0.3 is 10.2 Å². The van der Waals surface area contributed by atoms with Crippen LogP contribution in [0, 0.1) is 5.82 Å². The van der Waals surface area contributed by atoms with E-state index < -0.39 is 40.7 Å². The van der Waals surface area contributed by atoms with Crippen LogP contribution < -0.4 is 5.32 Å². The number of ketones is 1. The number of halogens is 4. The van der Waals surface area contributed by atoms with Crippen LogP contribution in [0.15, 0.2) is 96.2 Å². The fourth-order valence-corrected chi connectivity index (χ4v) is 4.38. The van der Waals surface area contributed by atoms with Crippen LogP contribution >= 0.6 is 0 Å². The topological polar surface area (TPSA) is 66.5 Å². The van der Waals surface area contributed by atoms with Crippen molar-refractivity contribution >= 4 is 17.6 Å². The van der Waals surface area contributed by atoms with Crippen LogP contribution in [0.3, 0.4) is 0 Å². The van der Waals surface area contributed by atoms with Crippen LogP contribution in [0.1, 0.15) is 33.2 Å². The molecule has 1 atom stereocenters. The predicted molar refractivity (Wildman–Crippen MR) is 128 cm³/mol. The van der Waals surface area contributed by atoms with E-state index in [2.05, 4.69) is 0 Å². The summed E-state index contributed by atoms with van der Waals surface area (Å²) in [6.07, 6.45) is -5.15. The molecule has 1 heterocycles. The fourth-order valence-electron chi connectivity index (χ4n) is 4.38. The van der Waals surface area contributed by atoms with Crippen LogP contribution in [0.2, 0.25) is 0 Å². The monoisotopic (exact) mass is 510 g/mol. The van der Waals surface area contributed by atoms with E-state index >= 15 is 0 Å². The maximum absolute atomic E-state index is 14.9. The molecule has 3 aromatic carbocycles. The highest BCUT2D eigenvalue weighted by Crippen LogP contribution is 2.46. The summed E-state index contributed by atoms with van der Waals surface area (Å²) < 4.78 is 58.1. The van der Waals surface area contributed by atoms with E-state index in [1.165, 1.54) is 31.2 Å². The number of benzene rings is 3. The molecule has 0 fully saturated rings. The van der Waals surface area contributed by atoms with E-state index in [4.69, 9.17) is 0 Å². The number of carbonyl (C=O) groups excluding carboxylic acids is 3. The average Bonchev–Trinajstić information content (AvgIpc) is 3.10. The Hall–Kier alpha value is -4.27. The van der Waals surface area contributed by atoms with Gasteiger partial charge in [-0.05, 0) is 43.2 Å². The molecule has 4 rings (SSSR count). The number of allylic oxidation sites excluding steroid dienone is 1. The van der Waals surface area contributed by atoms with Gasteiger partial charge in [-0.3, -0.25) is 14.4 Å². The van der Waals surface area contributed by atoms with Crippen molar-refractivity contribution in [2.75, 3.05) is 6.54 Å². The third-order valence-corrected chi connectivity index (χ3v) is 6.27. The number of carbonyl (C=O) groups is 3.